The molecule has 0 aliphatic heterocycles. The van der Waals surface area contributed by atoms with Crippen molar-refractivity contribution in [2.45, 2.75) is 13.5 Å². The second-order valence-corrected chi connectivity index (χ2v) is 8.32. The van der Waals surface area contributed by atoms with Gasteiger partial charge in [0, 0.05) is 34.9 Å². The Hall–Kier alpha value is -4.91. The number of rotatable bonds is 7. The Morgan fingerprint density at radius 1 is 0.806 bits per heavy atom. The molecule has 36 heavy (non-hydrogen) atoms. The molecule has 5 rings (SSSR count). The Morgan fingerprint density at radius 2 is 1.47 bits per heavy atom. The van der Waals surface area contributed by atoms with Crippen LogP contribution in [0.2, 0.25) is 0 Å². The molecular weight excluding hydrogens is 452 g/mol. The number of anilines is 2. The molecule has 3 aromatic carbocycles. The minimum Gasteiger partial charge on any atom is -0.487 e. The third-order valence-electron chi connectivity index (χ3n) is 5.65. The van der Waals surface area contributed by atoms with Crippen LogP contribution in [0.25, 0.3) is 5.65 Å². The van der Waals surface area contributed by atoms with Gasteiger partial charge in [-0.2, -0.15) is 0 Å². The van der Waals surface area contributed by atoms with E-state index in [-0.39, 0.29) is 11.8 Å². The number of fused-ring (bicyclic) bond motifs is 1. The summed E-state index contributed by atoms with van der Waals surface area (Å²) in [6.07, 6.45) is 3.90. The van der Waals surface area contributed by atoms with Crippen molar-refractivity contribution in [2.75, 3.05) is 10.6 Å². The normalized spacial score (nSPS) is 10.7. The Labute approximate surface area is 208 Å². The van der Waals surface area contributed by atoms with Gasteiger partial charge in [-0.3, -0.25) is 9.59 Å². The molecule has 2 amide bonds. The molecule has 0 saturated carbocycles. The number of amides is 2. The average molecular weight is 477 g/mol. The van der Waals surface area contributed by atoms with Gasteiger partial charge < -0.3 is 19.8 Å². The topological polar surface area (TPSA) is 84.7 Å². The van der Waals surface area contributed by atoms with Crippen molar-refractivity contribution in [1.29, 1.82) is 0 Å². The molecule has 0 bridgehead atoms. The van der Waals surface area contributed by atoms with Crippen LogP contribution in [0.3, 0.4) is 0 Å². The highest BCUT2D eigenvalue weighted by Crippen LogP contribution is 2.19. The Kier molecular flexibility index (Phi) is 6.44. The standard InChI is InChI=1S/C29H24N4O3/c1-20-7-6-16-33-18-25(30-27(20)33)19-36-26-14-12-22(13-15-26)29(35)32-24-11-5-10-23(17-24)31-28(34)21-8-3-2-4-9-21/h2-18H,19H2,1H3,(H,31,34)(H,32,35). The van der Waals surface area contributed by atoms with E-state index in [9.17, 15) is 9.59 Å². The van der Waals surface area contributed by atoms with Crippen LogP contribution in [-0.4, -0.2) is 21.2 Å². The van der Waals surface area contributed by atoms with Crippen molar-refractivity contribution in [3.05, 3.63) is 126 Å². The molecule has 5 aromatic rings. The molecule has 2 aromatic heterocycles. The maximum Gasteiger partial charge on any atom is 0.255 e. The Balaban J connectivity index is 1.19. The molecule has 0 aliphatic rings. The van der Waals surface area contributed by atoms with E-state index in [0.717, 1.165) is 16.9 Å². The van der Waals surface area contributed by atoms with Crippen LogP contribution in [0.4, 0.5) is 11.4 Å². The third kappa shape index (κ3) is 5.26. The van der Waals surface area contributed by atoms with Crippen LogP contribution >= 0.6 is 0 Å². The van der Waals surface area contributed by atoms with Gasteiger partial charge in [0.2, 0.25) is 0 Å². The number of benzene rings is 3. The summed E-state index contributed by atoms with van der Waals surface area (Å²) in [5.74, 6) is 0.170. The van der Waals surface area contributed by atoms with Gasteiger partial charge in [-0.25, -0.2) is 4.98 Å². The number of ether oxygens (including phenoxy) is 1. The summed E-state index contributed by atoms with van der Waals surface area (Å²) in [6.45, 7) is 2.35. The van der Waals surface area contributed by atoms with Crippen molar-refractivity contribution in [3.8, 4) is 5.75 Å². The number of imidazole rings is 1. The quantitative estimate of drug-likeness (QED) is 0.314. The number of carbonyl (C=O) groups is 2. The van der Waals surface area contributed by atoms with Crippen LogP contribution < -0.4 is 15.4 Å². The highest BCUT2D eigenvalue weighted by atomic mass is 16.5. The molecule has 0 fully saturated rings. The molecule has 0 saturated heterocycles. The van der Waals surface area contributed by atoms with E-state index in [2.05, 4.69) is 15.6 Å². The monoisotopic (exact) mass is 476 g/mol. The van der Waals surface area contributed by atoms with Crippen molar-refractivity contribution in [3.63, 3.8) is 0 Å². The van der Waals surface area contributed by atoms with Gasteiger partial charge in [0.15, 0.2) is 0 Å². The first kappa shape index (κ1) is 22.9. The third-order valence-corrected chi connectivity index (χ3v) is 5.65. The van der Waals surface area contributed by atoms with E-state index in [1.54, 1.807) is 60.7 Å². The van der Waals surface area contributed by atoms with Crippen LogP contribution in [0.15, 0.2) is 103 Å². The largest absolute Gasteiger partial charge is 0.487 e. The number of nitrogens with one attached hydrogen (secondary N) is 2. The summed E-state index contributed by atoms with van der Waals surface area (Å²) in [5.41, 5.74) is 5.05. The average Bonchev–Trinajstić information content (AvgIpc) is 3.33. The van der Waals surface area contributed by atoms with Gasteiger partial charge in [-0.05, 0) is 73.2 Å². The zero-order valence-corrected chi connectivity index (χ0v) is 19.6. The van der Waals surface area contributed by atoms with Crippen LogP contribution in [0.5, 0.6) is 5.75 Å². The maximum absolute atomic E-state index is 12.7. The van der Waals surface area contributed by atoms with E-state index < -0.39 is 0 Å². The fraction of sp³-hybridized carbons (Fsp3) is 0.0690. The molecule has 0 spiro atoms. The second kappa shape index (κ2) is 10.1. The molecule has 2 N–H and O–H groups in total. The van der Waals surface area contributed by atoms with E-state index in [1.807, 2.05) is 54.0 Å². The summed E-state index contributed by atoms with van der Waals surface area (Å²) in [4.78, 5) is 29.7. The highest BCUT2D eigenvalue weighted by Gasteiger charge is 2.10. The Bertz CT molecular complexity index is 1530. The molecule has 0 aliphatic carbocycles. The van der Waals surface area contributed by atoms with E-state index >= 15 is 0 Å². The molecule has 7 nitrogen and oxygen atoms in total. The first-order valence-electron chi connectivity index (χ1n) is 11.5. The minimum absolute atomic E-state index is 0.214. The second-order valence-electron chi connectivity index (χ2n) is 8.32. The number of aromatic nitrogens is 2. The van der Waals surface area contributed by atoms with Crippen LogP contribution in [0.1, 0.15) is 32.0 Å². The number of aryl methyl sites for hydroxylation is 1. The van der Waals surface area contributed by atoms with Gasteiger partial charge in [0.25, 0.3) is 11.8 Å². The molecule has 0 unspecified atom stereocenters. The molecule has 7 heteroatoms. The molecule has 0 atom stereocenters. The van der Waals surface area contributed by atoms with E-state index in [0.29, 0.717) is 34.9 Å². The minimum atomic E-state index is -0.260. The van der Waals surface area contributed by atoms with Crippen molar-refractivity contribution in [1.82, 2.24) is 9.38 Å². The lowest BCUT2D eigenvalue weighted by Crippen LogP contribution is -2.14. The number of hydrogen-bond acceptors (Lipinski definition) is 4. The highest BCUT2D eigenvalue weighted by molar-refractivity contribution is 6.06. The van der Waals surface area contributed by atoms with E-state index in [1.165, 1.54) is 0 Å². The molecule has 178 valence electrons. The van der Waals surface area contributed by atoms with Gasteiger partial charge in [-0.1, -0.05) is 30.3 Å². The summed E-state index contributed by atoms with van der Waals surface area (Å²) in [7, 11) is 0. The lowest BCUT2D eigenvalue weighted by atomic mass is 10.2. The van der Waals surface area contributed by atoms with Crippen LogP contribution in [-0.2, 0) is 6.61 Å². The van der Waals surface area contributed by atoms with Crippen LogP contribution in [0, 0.1) is 6.92 Å². The van der Waals surface area contributed by atoms with Crippen molar-refractivity contribution < 1.29 is 14.3 Å². The fourth-order valence-electron chi connectivity index (χ4n) is 3.80. The maximum atomic E-state index is 12.7. The lowest BCUT2D eigenvalue weighted by molar-refractivity contribution is 0.101. The predicted octanol–water partition coefficient (Wildman–Crippen LogP) is 5.73. The summed E-state index contributed by atoms with van der Waals surface area (Å²) >= 11 is 0. The molecular formula is C29H24N4O3. The summed E-state index contributed by atoms with van der Waals surface area (Å²) in [5, 5.41) is 5.71. The Morgan fingerprint density at radius 3 is 2.14 bits per heavy atom. The molecule has 2 heterocycles. The number of nitrogens with zero attached hydrogens (tertiary/aromatic N) is 2. The SMILES string of the molecule is Cc1cccn2cc(COc3ccc(C(=O)Nc4cccc(NC(=O)c5ccccc5)c4)cc3)nc12. The first-order chi connectivity index (χ1) is 17.5. The smallest absolute Gasteiger partial charge is 0.255 e. The molecule has 0 radical (unpaired) electrons. The van der Waals surface area contributed by atoms with E-state index in [4.69, 9.17) is 4.74 Å². The fourth-order valence-corrected chi connectivity index (χ4v) is 3.80. The van der Waals surface area contributed by atoms with Crippen molar-refractivity contribution >= 4 is 28.8 Å². The van der Waals surface area contributed by atoms with Gasteiger partial charge in [0.05, 0.1) is 5.69 Å². The van der Waals surface area contributed by atoms with Gasteiger partial charge in [0.1, 0.15) is 18.0 Å². The van der Waals surface area contributed by atoms with Gasteiger partial charge in [-0.15, -0.1) is 0 Å². The van der Waals surface area contributed by atoms with Gasteiger partial charge >= 0.3 is 0 Å². The summed E-state index contributed by atoms with van der Waals surface area (Å²) < 4.78 is 7.83. The first-order valence-corrected chi connectivity index (χ1v) is 11.5. The zero-order valence-electron chi connectivity index (χ0n) is 19.6. The number of carbonyl (C=O) groups excluding carboxylic acids is 2. The lowest BCUT2D eigenvalue weighted by Gasteiger charge is -2.10. The summed E-state index contributed by atoms with van der Waals surface area (Å²) in [6, 6.07) is 26.9. The van der Waals surface area contributed by atoms with Crippen molar-refractivity contribution in [2.24, 2.45) is 0 Å². The number of pyridine rings is 1. The zero-order chi connectivity index (χ0) is 24.9. The number of hydrogen-bond donors (Lipinski definition) is 2. The predicted molar refractivity (Wildman–Crippen MR) is 139 cm³/mol.